The molecule has 1 N–H and O–H groups in total. The summed E-state index contributed by atoms with van der Waals surface area (Å²) >= 11 is 0. The maximum Gasteiger partial charge on any atom is 0.259 e. The van der Waals surface area contributed by atoms with Gasteiger partial charge in [-0.1, -0.05) is 17.3 Å². The summed E-state index contributed by atoms with van der Waals surface area (Å²) < 4.78 is 10.8. The normalized spacial score (nSPS) is 11.1. The fourth-order valence-corrected chi connectivity index (χ4v) is 3.23. The van der Waals surface area contributed by atoms with Gasteiger partial charge in [0.2, 0.25) is 0 Å². The topological polar surface area (TPSA) is 81.0 Å². The first-order valence-corrected chi connectivity index (χ1v) is 8.65. The largest absolute Gasteiger partial charge is 0.496 e. The monoisotopic (exact) mass is 361 g/mol. The Morgan fingerprint density at radius 2 is 1.96 bits per heavy atom. The molecule has 0 aliphatic rings. The number of fused-ring (bicyclic) bond motifs is 1. The predicted molar refractivity (Wildman–Crippen MR) is 103 cm³/mol. The molecule has 2 aromatic heterocycles. The third-order valence-electron chi connectivity index (χ3n) is 4.72. The molecule has 0 atom stereocenters. The highest BCUT2D eigenvalue weighted by Gasteiger charge is 2.15. The second kappa shape index (κ2) is 6.72. The summed E-state index contributed by atoms with van der Waals surface area (Å²) in [7, 11) is 1.64. The van der Waals surface area contributed by atoms with Crippen molar-refractivity contribution in [2.45, 2.75) is 20.3 Å². The second-order valence-electron chi connectivity index (χ2n) is 6.44. The van der Waals surface area contributed by atoms with Crippen LogP contribution in [0.2, 0.25) is 0 Å². The highest BCUT2D eigenvalue weighted by atomic mass is 16.5. The SMILES string of the molecule is COc1ccc(-c2nc3ccccc3c(=O)[nH]2)cc1Cc1c(C)noc1C. The summed E-state index contributed by atoms with van der Waals surface area (Å²) in [5, 5.41) is 4.59. The molecular formula is C21H19N3O3. The summed E-state index contributed by atoms with van der Waals surface area (Å²) in [5.74, 6) is 2.08. The second-order valence-corrected chi connectivity index (χ2v) is 6.44. The van der Waals surface area contributed by atoms with Crippen LogP contribution in [0.5, 0.6) is 5.75 Å². The Hall–Kier alpha value is -3.41. The first-order chi connectivity index (χ1) is 13.1. The molecule has 136 valence electrons. The van der Waals surface area contributed by atoms with E-state index in [0.717, 1.165) is 33.9 Å². The van der Waals surface area contributed by atoms with Crippen LogP contribution in [0.3, 0.4) is 0 Å². The van der Waals surface area contributed by atoms with Gasteiger partial charge >= 0.3 is 0 Å². The van der Waals surface area contributed by atoms with Crippen LogP contribution in [0.1, 0.15) is 22.6 Å². The van der Waals surface area contributed by atoms with Crippen LogP contribution in [0.25, 0.3) is 22.3 Å². The van der Waals surface area contributed by atoms with Gasteiger partial charge in [0.1, 0.15) is 17.3 Å². The van der Waals surface area contributed by atoms with Gasteiger partial charge in [-0.05, 0) is 49.7 Å². The number of ether oxygens (including phenoxy) is 1. The smallest absolute Gasteiger partial charge is 0.259 e. The molecular weight excluding hydrogens is 342 g/mol. The minimum Gasteiger partial charge on any atom is -0.496 e. The number of aromatic nitrogens is 3. The Kier molecular flexibility index (Phi) is 4.24. The number of nitrogens with zero attached hydrogens (tertiary/aromatic N) is 2. The van der Waals surface area contributed by atoms with Crippen molar-refractivity contribution in [2.24, 2.45) is 0 Å². The molecule has 0 aliphatic heterocycles. The van der Waals surface area contributed by atoms with Crippen LogP contribution in [0.4, 0.5) is 0 Å². The lowest BCUT2D eigenvalue weighted by molar-refractivity contribution is 0.392. The molecule has 0 fully saturated rings. The molecule has 0 bridgehead atoms. The van der Waals surface area contributed by atoms with Gasteiger partial charge in [0.15, 0.2) is 0 Å². The molecule has 6 heteroatoms. The van der Waals surface area contributed by atoms with E-state index in [4.69, 9.17) is 9.26 Å². The number of aryl methyl sites for hydroxylation is 2. The lowest BCUT2D eigenvalue weighted by Gasteiger charge is -2.11. The minimum absolute atomic E-state index is 0.154. The quantitative estimate of drug-likeness (QED) is 0.598. The van der Waals surface area contributed by atoms with Crippen molar-refractivity contribution >= 4 is 10.9 Å². The van der Waals surface area contributed by atoms with Gasteiger partial charge in [0.25, 0.3) is 5.56 Å². The standard InChI is InChI=1S/C21H19N3O3/c1-12-17(13(2)27-24-12)11-15-10-14(8-9-19(15)26-3)20-22-18-7-5-4-6-16(18)21(25)23-20/h4-10H,11H2,1-3H3,(H,22,23,25). The van der Waals surface area contributed by atoms with E-state index >= 15 is 0 Å². The molecule has 0 amide bonds. The van der Waals surface area contributed by atoms with Crippen molar-refractivity contribution in [3.8, 4) is 17.1 Å². The molecule has 27 heavy (non-hydrogen) atoms. The molecule has 0 spiro atoms. The fraction of sp³-hybridized carbons (Fsp3) is 0.190. The van der Waals surface area contributed by atoms with E-state index < -0.39 is 0 Å². The van der Waals surface area contributed by atoms with Crippen molar-refractivity contribution in [3.63, 3.8) is 0 Å². The number of benzene rings is 2. The van der Waals surface area contributed by atoms with E-state index in [-0.39, 0.29) is 5.56 Å². The van der Waals surface area contributed by atoms with Crippen LogP contribution < -0.4 is 10.3 Å². The Labute approximate surface area is 155 Å². The number of hydrogen-bond donors (Lipinski definition) is 1. The van der Waals surface area contributed by atoms with Crippen LogP contribution in [0.15, 0.2) is 51.8 Å². The Balaban J connectivity index is 1.82. The number of aromatic amines is 1. The molecule has 0 unspecified atom stereocenters. The zero-order valence-corrected chi connectivity index (χ0v) is 15.4. The minimum atomic E-state index is -0.154. The van der Waals surface area contributed by atoms with Crippen molar-refractivity contribution in [2.75, 3.05) is 7.11 Å². The van der Waals surface area contributed by atoms with Crippen molar-refractivity contribution in [3.05, 3.63) is 75.4 Å². The van der Waals surface area contributed by atoms with Crippen molar-refractivity contribution in [1.29, 1.82) is 0 Å². The number of methoxy groups -OCH3 is 1. The van der Waals surface area contributed by atoms with Gasteiger partial charge in [-0.2, -0.15) is 0 Å². The summed E-state index contributed by atoms with van der Waals surface area (Å²) in [6, 6.07) is 13.1. The zero-order valence-electron chi connectivity index (χ0n) is 15.4. The van der Waals surface area contributed by atoms with E-state index in [2.05, 4.69) is 15.1 Å². The number of nitrogens with one attached hydrogen (secondary N) is 1. The molecule has 0 radical (unpaired) electrons. The van der Waals surface area contributed by atoms with Crippen LogP contribution >= 0.6 is 0 Å². The lowest BCUT2D eigenvalue weighted by atomic mass is 10.00. The Morgan fingerprint density at radius 3 is 2.70 bits per heavy atom. The van der Waals surface area contributed by atoms with Gasteiger partial charge in [0.05, 0.1) is 23.7 Å². The van der Waals surface area contributed by atoms with Gasteiger partial charge in [-0.15, -0.1) is 0 Å². The van der Waals surface area contributed by atoms with Gasteiger partial charge in [-0.3, -0.25) is 4.79 Å². The molecule has 0 saturated carbocycles. The summed E-state index contributed by atoms with van der Waals surface area (Å²) in [6.07, 6.45) is 0.621. The molecule has 6 nitrogen and oxygen atoms in total. The Bertz CT molecular complexity index is 1170. The lowest BCUT2D eigenvalue weighted by Crippen LogP contribution is -2.09. The Morgan fingerprint density at radius 1 is 1.15 bits per heavy atom. The van der Waals surface area contributed by atoms with Crippen LogP contribution in [0, 0.1) is 13.8 Å². The zero-order chi connectivity index (χ0) is 19.0. The van der Waals surface area contributed by atoms with Crippen molar-refractivity contribution in [1.82, 2.24) is 15.1 Å². The molecule has 2 heterocycles. The highest BCUT2D eigenvalue weighted by molar-refractivity contribution is 5.79. The van der Waals surface area contributed by atoms with Gasteiger partial charge in [-0.25, -0.2) is 4.98 Å². The van der Waals surface area contributed by atoms with E-state index in [1.165, 1.54) is 0 Å². The fourth-order valence-electron chi connectivity index (χ4n) is 3.23. The van der Waals surface area contributed by atoms with Crippen molar-refractivity contribution < 1.29 is 9.26 Å². The number of para-hydroxylation sites is 1. The number of hydrogen-bond acceptors (Lipinski definition) is 5. The first-order valence-electron chi connectivity index (χ1n) is 8.65. The van der Waals surface area contributed by atoms with E-state index in [9.17, 15) is 4.79 Å². The highest BCUT2D eigenvalue weighted by Crippen LogP contribution is 2.28. The first kappa shape index (κ1) is 17.0. The third-order valence-corrected chi connectivity index (χ3v) is 4.72. The van der Waals surface area contributed by atoms with Crippen LogP contribution in [-0.4, -0.2) is 22.2 Å². The maximum atomic E-state index is 12.4. The summed E-state index contributed by atoms with van der Waals surface area (Å²) in [6.45, 7) is 3.82. The maximum absolute atomic E-state index is 12.4. The molecule has 2 aromatic carbocycles. The summed E-state index contributed by atoms with van der Waals surface area (Å²) in [4.78, 5) is 19.9. The van der Waals surface area contributed by atoms with E-state index in [0.29, 0.717) is 23.1 Å². The van der Waals surface area contributed by atoms with Crippen LogP contribution in [-0.2, 0) is 6.42 Å². The number of H-pyrrole nitrogens is 1. The van der Waals surface area contributed by atoms with Gasteiger partial charge in [0, 0.05) is 17.5 Å². The molecule has 0 saturated heterocycles. The molecule has 4 aromatic rings. The number of rotatable bonds is 4. The molecule has 4 rings (SSSR count). The predicted octanol–water partition coefficient (Wildman–Crippen LogP) is 3.79. The van der Waals surface area contributed by atoms with Gasteiger partial charge < -0.3 is 14.2 Å². The average Bonchev–Trinajstić information content (AvgIpc) is 3.00. The molecule has 0 aliphatic carbocycles. The third kappa shape index (κ3) is 3.10. The average molecular weight is 361 g/mol. The van der Waals surface area contributed by atoms with E-state index in [1.807, 2.05) is 50.2 Å². The van der Waals surface area contributed by atoms with E-state index in [1.54, 1.807) is 13.2 Å². The summed E-state index contributed by atoms with van der Waals surface area (Å²) in [5.41, 5.74) is 4.20.